The van der Waals surface area contributed by atoms with Crippen molar-refractivity contribution in [3.05, 3.63) is 18.1 Å². The molecule has 1 aromatic heterocycles. The molecule has 0 saturated carbocycles. The smallest absolute Gasteiger partial charge is 0.164 e. The maximum atomic E-state index is 4.09. The summed E-state index contributed by atoms with van der Waals surface area (Å²) in [5.41, 5.74) is 9.38. The second kappa shape index (κ2) is 2.20. The number of hydrogen-bond acceptors (Lipinski definition) is 5. The van der Waals surface area contributed by atoms with Crippen molar-refractivity contribution in [1.82, 2.24) is 20.9 Å². The molecule has 0 fully saturated rings. The maximum Gasteiger partial charge on any atom is 0.164 e. The zero-order chi connectivity index (χ0) is 6.81. The standard InChI is InChI=1S/C5H7N5/c1-2-7-5-4(6-1)3-8-10-9-5/h1-2,8,10H,3H2,(H,7,9). The summed E-state index contributed by atoms with van der Waals surface area (Å²) in [7, 11) is 0. The lowest BCUT2D eigenvalue weighted by molar-refractivity contribution is 0.552. The highest BCUT2D eigenvalue weighted by Crippen LogP contribution is 2.07. The van der Waals surface area contributed by atoms with E-state index >= 15 is 0 Å². The molecule has 10 heavy (non-hydrogen) atoms. The molecule has 0 radical (unpaired) electrons. The number of rotatable bonds is 0. The highest BCUT2D eigenvalue weighted by Gasteiger charge is 2.07. The third-order valence-corrected chi connectivity index (χ3v) is 1.30. The van der Waals surface area contributed by atoms with Gasteiger partial charge in [-0.25, -0.2) is 10.4 Å². The van der Waals surface area contributed by atoms with Crippen molar-refractivity contribution < 1.29 is 0 Å². The summed E-state index contributed by atoms with van der Waals surface area (Å²) in [6, 6.07) is 0. The Morgan fingerprint density at radius 1 is 1.30 bits per heavy atom. The first-order valence-corrected chi connectivity index (χ1v) is 3.00. The number of nitrogens with one attached hydrogen (secondary N) is 3. The zero-order valence-corrected chi connectivity index (χ0v) is 5.26. The molecular weight excluding hydrogens is 130 g/mol. The molecule has 0 unspecified atom stereocenters. The van der Waals surface area contributed by atoms with Gasteiger partial charge in [0.25, 0.3) is 0 Å². The third-order valence-electron chi connectivity index (χ3n) is 1.30. The van der Waals surface area contributed by atoms with Gasteiger partial charge in [0.05, 0.1) is 12.2 Å². The minimum Gasteiger partial charge on any atom is -0.291 e. The summed E-state index contributed by atoms with van der Waals surface area (Å²) >= 11 is 0. The van der Waals surface area contributed by atoms with Crippen molar-refractivity contribution in [3.63, 3.8) is 0 Å². The number of anilines is 1. The van der Waals surface area contributed by atoms with Crippen LogP contribution < -0.4 is 16.4 Å². The fourth-order valence-corrected chi connectivity index (χ4v) is 0.832. The van der Waals surface area contributed by atoms with E-state index in [-0.39, 0.29) is 0 Å². The molecule has 5 heteroatoms. The number of aromatic nitrogens is 2. The Morgan fingerprint density at radius 2 is 2.20 bits per heavy atom. The van der Waals surface area contributed by atoms with E-state index in [1.54, 1.807) is 12.4 Å². The van der Waals surface area contributed by atoms with Crippen LogP contribution >= 0.6 is 0 Å². The second-order valence-electron chi connectivity index (χ2n) is 1.96. The SMILES string of the molecule is c1cnc2c(n1)CNNN2. The first-order chi connectivity index (χ1) is 4.97. The molecule has 5 nitrogen and oxygen atoms in total. The topological polar surface area (TPSA) is 61.9 Å². The van der Waals surface area contributed by atoms with Gasteiger partial charge in [-0.1, -0.05) is 0 Å². The lowest BCUT2D eigenvalue weighted by Crippen LogP contribution is -2.41. The summed E-state index contributed by atoms with van der Waals surface area (Å²) < 4.78 is 0. The summed E-state index contributed by atoms with van der Waals surface area (Å²) in [5.74, 6) is 0.793. The van der Waals surface area contributed by atoms with Crippen LogP contribution in [-0.2, 0) is 6.54 Å². The average Bonchev–Trinajstić information content (AvgIpc) is 2.05. The maximum absolute atomic E-state index is 4.09. The van der Waals surface area contributed by atoms with Crippen LogP contribution in [-0.4, -0.2) is 9.97 Å². The summed E-state index contributed by atoms with van der Waals surface area (Å²) in [6.45, 7) is 0.705. The van der Waals surface area contributed by atoms with Gasteiger partial charge in [-0.15, -0.1) is 0 Å². The molecule has 2 heterocycles. The Hall–Kier alpha value is -1.20. The van der Waals surface area contributed by atoms with Crippen molar-refractivity contribution in [2.45, 2.75) is 6.54 Å². The highest BCUT2D eigenvalue weighted by atomic mass is 15.6. The Morgan fingerprint density at radius 3 is 3.10 bits per heavy atom. The quantitative estimate of drug-likeness (QED) is 0.446. The molecule has 2 rings (SSSR count). The molecule has 0 aliphatic carbocycles. The van der Waals surface area contributed by atoms with Gasteiger partial charge in [0.2, 0.25) is 0 Å². The molecule has 0 saturated heterocycles. The van der Waals surface area contributed by atoms with Gasteiger partial charge in [-0.2, -0.15) is 5.53 Å². The Balaban J connectivity index is 2.41. The predicted molar refractivity (Wildman–Crippen MR) is 35.6 cm³/mol. The van der Waals surface area contributed by atoms with E-state index in [2.05, 4.69) is 26.4 Å². The third kappa shape index (κ3) is 0.810. The lowest BCUT2D eigenvalue weighted by atomic mass is 10.4. The van der Waals surface area contributed by atoms with E-state index in [1.165, 1.54) is 0 Å². The number of hydrazine groups is 2. The highest BCUT2D eigenvalue weighted by molar-refractivity contribution is 5.39. The first-order valence-electron chi connectivity index (χ1n) is 3.00. The molecule has 0 bridgehead atoms. The van der Waals surface area contributed by atoms with Gasteiger partial charge >= 0.3 is 0 Å². The fraction of sp³-hybridized carbons (Fsp3) is 0.200. The van der Waals surface area contributed by atoms with E-state index in [1.807, 2.05) is 0 Å². The minimum absolute atomic E-state index is 0.705. The molecule has 0 atom stereocenters. The number of hydrogen-bond donors (Lipinski definition) is 3. The van der Waals surface area contributed by atoms with E-state index in [4.69, 9.17) is 0 Å². The summed E-state index contributed by atoms with van der Waals surface area (Å²) in [4.78, 5) is 8.13. The van der Waals surface area contributed by atoms with Gasteiger partial charge < -0.3 is 0 Å². The van der Waals surface area contributed by atoms with E-state index in [9.17, 15) is 0 Å². The predicted octanol–water partition coefficient (Wildman–Crippen LogP) is -0.589. The molecule has 0 aromatic carbocycles. The second-order valence-corrected chi connectivity index (χ2v) is 1.96. The van der Waals surface area contributed by atoms with E-state index in [0.29, 0.717) is 6.54 Å². The zero-order valence-electron chi connectivity index (χ0n) is 5.26. The lowest BCUT2D eigenvalue weighted by Gasteiger charge is -2.16. The van der Waals surface area contributed by atoms with Gasteiger partial charge in [-0.3, -0.25) is 10.4 Å². The number of nitrogens with zero attached hydrogens (tertiary/aromatic N) is 2. The van der Waals surface area contributed by atoms with Crippen molar-refractivity contribution in [2.75, 3.05) is 5.43 Å². The normalized spacial score (nSPS) is 15.6. The van der Waals surface area contributed by atoms with Crippen LogP contribution in [0, 0.1) is 0 Å². The Labute approximate surface area is 57.8 Å². The fourth-order valence-electron chi connectivity index (χ4n) is 0.832. The van der Waals surface area contributed by atoms with Gasteiger partial charge in [0.15, 0.2) is 5.82 Å². The van der Waals surface area contributed by atoms with Crippen LogP contribution in [0.1, 0.15) is 5.69 Å². The van der Waals surface area contributed by atoms with Crippen molar-refractivity contribution in [1.29, 1.82) is 0 Å². The van der Waals surface area contributed by atoms with Crippen LogP contribution in [0.4, 0.5) is 5.82 Å². The van der Waals surface area contributed by atoms with Crippen LogP contribution in [0.15, 0.2) is 12.4 Å². The first kappa shape index (κ1) is 5.57. The molecule has 3 N–H and O–H groups in total. The van der Waals surface area contributed by atoms with Gasteiger partial charge in [-0.05, 0) is 0 Å². The molecule has 0 spiro atoms. The average molecular weight is 137 g/mol. The van der Waals surface area contributed by atoms with Crippen LogP contribution in [0.25, 0.3) is 0 Å². The Bertz CT molecular complexity index is 210. The van der Waals surface area contributed by atoms with E-state index < -0.39 is 0 Å². The van der Waals surface area contributed by atoms with Crippen molar-refractivity contribution in [2.24, 2.45) is 0 Å². The van der Waals surface area contributed by atoms with Crippen LogP contribution in [0.2, 0.25) is 0 Å². The molecular formula is C5H7N5. The van der Waals surface area contributed by atoms with Gasteiger partial charge in [0.1, 0.15) is 0 Å². The van der Waals surface area contributed by atoms with Crippen molar-refractivity contribution >= 4 is 5.82 Å². The minimum atomic E-state index is 0.705. The monoisotopic (exact) mass is 137 g/mol. The molecule has 1 aliphatic rings. The molecule has 0 amide bonds. The number of fused-ring (bicyclic) bond motifs is 1. The van der Waals surface area contributed by atoms with Crippen LogP contribution in [0.5, 0.6) is 0 Å². The van der Waals surface area contributed by atoms with Gasteiger partial charge in [0, 0.05) is 12.4 Å². The Kier molecular flexibility index (Phi) is 1.23. The van der Waals surface area contributed by atoms with Crippen molar-refractivity contribution in [3.8, 4) is 0 Å². The summed E-state index contributed by atoms with van der Waals surface area (Å²) in [6.07, 6.45) is 3.33. The van der Waals surface area contributed by atoms with Crippen LogP contribution in [0.3, 0.4) is 0 Å². The molecule has 52 valence electrons. The van der Waals surface area contributed by atoms with E-state index in [0.717, 1.165) is 11.5 Å². The molecule has 1 aromatic rings. The summed E-state index contributed by atoms with van der Waals surface area (Å²) in [5, 5.41) is 0. The molecule has 1 aliphatic heterocycles. The largest absolute Gasteiger partial charge is 0.291 e.